The molecule has 0 N–H and O–H groups in total. The zero-order valence-electron chi connectivity index (χ0n) is 12.3. The molecule has 0 fully saturated rings. The molecule has 1 aliphatic rings. The van der Waals surface area contributed by atoms with Gasteiger partial charge in [-0.2, -0.15) is 0 Å². The van der Waals surface area contributed by atoms with Gasteiger partial charge in [-0.15, -0.1) is 0 Å². The topological polar surface area (TPSA) is 40.6 Å². The number of anilines is 1. The molecule has 1 aliphatic heterocycles. The number of hydrogen-bond donors (Lipinski definition) is 0. The van der Waals surface area contributed by atoms with Gasteiger partial charge in [0.2, 0.25) is 0 Å². The predicted octanol–water partition coefficient (Wildman–Crippen LogP) is 3.02. The molecule has 0 aromatic heterocycles. The van der Waals surface area contributed by atoms with E-state index in [1.165, 1.54) is 4.90 Å². The van der Waals surface area contributed by atoms with E-state index in [2.05, 4.69) is 6.58 Å². The van der Waals surface area contributed by atoms with Gasteiger partial charge in [-0.3, -0.25) is 14.5 Å². The van der Waals surface area contributed by atoms with Gasteiger partial charge in [0, 0.05) is 12.7 Å². The minimum absolute atomic E-state index is 0.222. The van der Waals surface area contributed by atoms with Crippen LogP contribution >= 0.6 is 0 Å². The van der Waals surface area contributed by atoms with Crippen molar-refractivity contribution < 1.29 is 9.59 Å². The SMILES string of the molecule is C=Cc1ccc(N(C)CN2C(=O)c3ccccc3C2=O)cc1. The molecule has 0 saturated carbocycles. The molecule has 0 spiro atoms. The lowest BCUT2D eigenvalue weighted by Gasteiger charge is -2.24. The number of nitrogens with zero attached hydrogens (tertiary/aromatic N) is 2. The summed E-state index contributed by atoms with van der Waals surface area (Å²) in [5.41, 5.74) is 2.91. The zero-order valence-corrected chi connectivity index (χ0v) is 12.3. The number of imide groups is 1. The predicted molar refractivity (Wildman–Crippen MR) is 86.7 cm³/mol. The Labute approximate surface area is 129 Å². The first-order valence-corrected chi connectivity index (χ1v) is 7.00. The van der Waals surface area contributed by atoms with Gasteiger partial charge in [-0.1, -0.05) is 36.9 Å². The normalized spacial score (nSPS) is 13.2. The molecule has 110 valence electrons. The smallest absolute Gasteiger partial charge is 0.263 e. The molecule has 0 unspecified atom stereocenters. The van der Waals surface area contributed by atoms with Gasteiger partial charge in [-0.25, -0.2) is 0 Å². The highest BCUT2D eigenvalue weighted by molar-refractivity contribution is 6.21. The summed E-state index contributed by atoms with van der Waals surface area (Å²) in [5, 5.41) is 0. The second-order valence-corrected chi connectivity index (χ2v) is 5.22. The maximum atomic E-state index is 12.3. The van der Waals surface area contributed by atoms with Crippen molar-refractivity contribution in [3.63, 3.8) is 0 Å². The lowest BCUT2D eigenvalue weighted by molar-refractivity contribution is 0.0656. The van der Waals surface area contributed by atoms with E-state index in [0.29, 0.717) is 11.1 Å². The van der Waals surface area contributed by atoms with Crippen molar-refractivity contribution >= 4 is 23.6 Å². The molecule has 2 aromatic carbocycles. The Bertz CT molecular complexity index is 715. The summed E-state index contributed by atoms with van der Waals surface area (Å²) < 4.78 is 0. The highest BCUT2D eigenvalue weighted by Gasteiger charge is 2.35. The minimum atomic E-state index is -0.241. The Morgan fingerprint density at radius 1 is 1.00 bits per heavy atom. The van der Waals surface area contributed by atoms with Gasteiger partial charge < -0.3 is 4.90 Å². The van der Waals surface area contributed by atoms with Crippen molar-refractivity contribution in [2.75, 3.05) is 18.6 Å². The number of rotatable bonds is 4. The summed E-state index contributed by atoms with van der Waals surface area (Å²) in [7, 11) is 1.85. The van der Waals surface area contributed by atoms with E-state index in [4.69, 9.17) is 0 Å². The number of carbonyl (C=O) groups is 2. The maximum absolute atomic E-state index is 12.3. The van der Waals surface area contributed by atoms with E-state index in [-0.39, 0.29) is 18.5 Å². The summed E-state index contributed by atoms with van der Waals surface area (Å²) in [5.74, 6) is -0.481. The lowest BCUT2D eigenvalue weighted by Crippen LogP contribution is -2.39. The molecule has 3 rings (SSSR count). The number of amides is 2. The molecule has 4 heteroatoms. The van der Waals surface area contributed by atoms with Crippen molar-refractivity contribution in [2.45, 2.75) is 0 Å². The van der Waals surface area contributed by atoms with Crippen LogP contribution in [0.3, 0.4) is 0 Å². The van der Waals surface area contributed by atoms with Gasteiger partial charge in [0.25, 0.3) is 11.8 Å². The van der Waals surface area contributed by atoms with Crippen LogP contribution in [0.1, 0.15) is 26.3 Å². The Morgan fingerprint density at radius 3 is 2.05 bits per heavy atom. The van der Waals surface area contributed by atoms with Gasteiger partial charge >= 0.3 is 0 Å². The number of hydrogen-bond acceptors (Lipinski definition) is 3. The molecule has 2 aromatic rings. The fraction of sp³-hybridized carbons (Fsp3) is 0.111. The molecule has 0 saturated heterocycles. The second kappa shape index (κ2) is 5.48. The Kier molecular flexibility index (Phi) is 3.51. The molecule has 2 amide bonds. The fourth-order valence-electron chi connectivity index (χ4n) is 2.53. The third-order valence-electron chi connectivity index (χ3n) is 3.80. The van der Waals surface area contributed by atoms with Crippen LogP contribution in [0.5, 0.6) is 0 Å². The van der Waals surface area contributed by atoms with Crippen LogP contribution in [0.25, 0.3) is 6.08 Å². The third kappa shape index (κ3) is 2.29. The minimum Gasteiger partial charge on any atom is -0.356 e. The summed E-state index contributed by atoms with van der Waals surface area (Å²) in [4.78, 5) is 27.8. The van der Waals surface area contributed by atoms with Gasteiger partial charge in [0.15, 0.2) is 0 Å². The van der Waals surface area contributed by atoms with Crippen LogP contribution < -0.4 is 4.90 Å². The molecule has 0 bridgehead atoms. The first-order chi connectivity index (χ1) is 10.6. The number of fused-ring (bicyclic) bond motifs is 1. The summed E-state index contributed by atoms with van der Waals surface area (Å²) in [6.45, 7) is 3.94. The first-order valence-electron chi connectivity index (χ1n) is 7.00. The molecule has 0 aliphatic carbocycles. The monoisotopic (exact) mass is 292 g/mol. The average Bonchev–Trinajstić information content (AvgIpc) is 2.80. The molecular weight excluding hydrogens is 276 g/mol. The van der Waals surface area contributed by atoms with Crippen LogP contribution in [0.4, 0.5) is 5.69 Å². The van der Waals surface area contributed by atoms with Crippen LogP contribution in [-0.2, 0) is 0 Å². The van der Waals surface area contributed by atoms with E-state index >= 15 is 0 Å². The quantitative estimate of drug-likeness (QED) is 0.813. The Balaban J connectivity index is 1.80. The zero-order chi connectivity index (χ0) is 15.7. The number of benzene rings is 2. The second-order valence-electron chi connectivity index (χ2n) is 5.22. The van der Waals surface area contributed by atoms with Crippen molar-refractivity contribution in [3.8, 4) is 0 Å². The van der Waals surface area contributed by atoms with Gasteiger partial charge in [0.05, 0.1) is 11.1 Å². The van der Waals surface area contributed by atoms with Gasteiger partial charge in [0.1, 0.15) is 6.67 Å². The van der Waals surface area contributed by atoms with Crippen molar-refractivity contribution in [3.05, 3.63) is 71.8 Å². The van der Waals surface area contributed by atoms with Crippen molar-refractivity contribution in [2.24, 2.45) is 0 Å². The standard InChI is InChI=1S/C18H16N2O2/c1-3-13-8-10-14(11-9-13)19(2)12-20-17(21)15-6-4-5-7-16(15)18(20)22/h3-11H,1,12H2,2H3. The van der Waals surface area contributed by atoms with E-state index < -0.39 is 0 Å². The number of carbonyl (C=O) groups excluding carboxylic acids is 2. The largest absolute Gasteiger partial charge is 0.356 e. The molecule has 22 heavy (non-hydrogen) atoms. The van der Waals surface area contributed by atoms with Gasteiger partial charge in [-0.05, 0) is 29.8 Å². The van der Waals surface area contributed by atoms with Crippen molar-refractivity contribution in [1.29, 1.82) is 0 Å². The van der Waals surface area contributed by atoms with Crippen LogP contribution in [-0.4, -0.2) is 30.4 Å². The summed E-state index contributed by atoms with van der Waals surface area (Å²) in [6, 6.07) is 14.7. The van der Waals surface area contributed by atoms with E-state index in [1.54, 1.807) is 30.3 Å². The first kappa shape index (κ1) is 14.1. The molecular formula is C18H16N2O2. The highest BCUT2D eigenvalue weighted by Crippen LogP contribution is 2.23. The van der Waals surface area contributed by atoms with Crippen LogP contribution in [0.15, 0.2) is 55.1 Å². The van der Waals surface area contributed by atoms with E-state index in [0.717, 1.165) is 11.3 Å². The molecule has 0 radical (unpaired) electrons. The Morgan fingerprint density at radius 2 is 1.55 bits per heavy atom. The lowest BCUT2D eigenvalue weighted by atomic mass is 10.1. The highest BCUT2D eigenvalue weighted by atomic mass is 16.2. The molecule has 4 nitrogen and oxygen atoms in total. The Hall–Kier alpha value is -2.88. The third-order valence-corrected chi connectivity index (χ3v) is 3.80. The molecule has 1 heterocycles. The molecule has 0 atom stereocenters. The summed E-state index contributed by atoms with van der Waals surface area (Å²) in [6.07, 6.45) is 1.77. The van der Waals surface area contributed by atoms with E-state index in [9.17, 15) is 9.59 Å². The fourth-order valence-corrected chi connectivity index (χ4v) is 2.53. The maximum Gasteiger partial charge on any atom is 0.263 e. The van der Waals surface area contributed by atoms with Crippen LogP contribution in [0, 0.1) is 0 Å². The summed E-state index contributed by atoms with van der Waals surface area (Å²) >= 11 is 0. The van der Waals surface area contributed by atoms with E-state index in [1.807, 2.05) is 36.2 Å². The van der Waals surface area contributed by atoms with Crippen LogP contribution in [0.2, 0.25) is 0 Å². The van der Waals surface area contributed by atoms with Crippen molar-refractivity contribution in [1.82, 2.24) is 4.90 Å². The average molecular weight is 292 g/mol.